The predicted molar refractivity (Wildman–Crippen MR) is 327 cm³/mol. The number of fused-ring (bicyclic) bond motifs is 5. The van der Waals surface area contributed by atoms with Crippen molar-refractivity contribution in [3.63, 3.8) is 0 Å². The number of halogens is 4. The van der Waals surface area contributed by atoms with Gasteiger partial charge >= 0.3 is 0 Å². The SMILES string of the molecule is Clc1ccc2nc(-c3cccc4ccccc34)[nH]c2c1.Nc1ccc(Cl)cc1[N+](=O)[O-].O=C(C1CCCCC1)n1c(-c2cccc3ccccc23)nc2ccc(Cl)cc21.O=C(Cl)C1CCCCC1.O=CC1=[C+]C=Cc2ccccc21. The van der Waals surface area contributed by atoms with Crippen LogP contribution in [0.3, 0.4) is 0 Å². The molecule has 0 radical (unpaired) electrons. The van der Waals surface area contributed by atoms with Crippen LogP contribution in [0.1, 0.15) is 80.1 Å². The summed E-state index contributed by atoms with van der Waals surface area (Å²) in [5, 5.41) is 16.4. The van der Waals surface area contributed by atoms with E-state index in [-0.39, 0.29) is 34.4 Å². The molecule has 0 aliphatic heterocycles. The van der Waals surface area contributed by atoms with Crippen LogP contribution in [0, 0.1) is 28.0 Å². The van der Waals surface area contributed by atoms with Crippen LogP contribution in [0.15, 0.2) is 170 Å². The Morgan fingerprint density at radius 3 is 1.82 bits per heavy atom. The minimum atomic E-state index is -0.568. The highest BCUT2D eigenvalue weighted by atomic mass is 35.5. The average Bonchev–Trinajstić information content (AvgIpc) is 4.31. The van der Waals surface area contributed by atoms with E-state index in [2.05, 4.69) is 70.6 Å². The molecule has 0 amide bonds. The molecule has 0 unspecified atom stereocenters. The first kappa shape index (κ1) is 56.7. The number of aromatic nitrogens is 4. The van der Waals surface area contributed by atoms with Gasteiger partial charge in [-0.25, -0.2) is 14.8 Å². The first-order chi connectivity index (χ1) is 38.9. The zero-order valence-electron chi connectivity index (χ0n) is 43.5. The van der Waals surface area contributed by atoms with Crippen molar-refractivity contribution >= 4 is 130 Å². The Morgan fingerprint density at radius 2 is 1.19 bits per heavy atom. The minimum absolute atomic E-state index is 0.0545. The molecule has 15 heteroatoms. The average molecular weight is 1140 g/mol. The molecule has 0 saturated heterocycles. The van der Waals surface area contributed by atoms with Crippen LogP contribution in [0.25, 0.3) is 78.0 Å². The number of aromatic amines is 1. The first-order valence-corrected chi connectivity index (χ1v) is 27.9. The van der Waals surface area contributed by atoms with Gasteiger partial charge in [0.25, 0.3) is 5.69 Å². The number of benzene rings is 8. The third-order valence-electron chi connectivity index (χ3n) is 14.3. The molecule has 3 aliphatic carbocycles. The molecule has 3 aliphatic rings. The summed E-state index contributed by atoms with van der Waals surface area (Å²) in [7, 11) is 0. The fraction of sp³-hybridized carbons (Fsp3) is 0.185. The summed E-state index contributed by atoms with van der Waals surface area (Å²) in [6.07, 6.45) is 18.5. The number of imidazole rings is 2. The second-order valence-corrected chi connectivity index (χ2v) is 21.3. The van der Waals surface area contributed by atoms with Gasteiger partial charge in [-0.3, -0.25) is 24.3 Å². The molecule has 0 atom stereocenters. The Balaban J connectivity index is 0.000000130. The van der Waals surface area contributed by atoms with Crippen molar-refractivity contribution in [1.29, 1.82) is 0 Å². The van der Waals surface area contributed by atoms with E-state index in [0.29, 0.717) is 26.5 Å². The highest BCUT2D eigenvalue weighted by Gasteiger charge is 2.28. The maximum Gasteiger partial charge on any atom is 0.293 e. The number of carbonyl (C=O) groups is 3. The minimum Gasteiger partial charge on any atom is -0.393 e. The summed E-state index contributed by atoms with van der Waals surface area (Å²) in [5.74, 6) is 1.97. The van der Waals surface area contributed by atoms with E-state index in [9.17, 15) is 24.5 Å². The first-order valence-electron chi connectivity index (χ1n) is 26.4. The van der Waals surface area contributed by atoms with Gasteiger partial charge in [0.05, 0.1) is 44.2 Å². The van der Waals surface area contributed by atoms with Gasteiger partial charge in [0.1, 0.15) is 17.3 Å². The number of nitrogen functional groups attached to an aromatic ring is 1. The van der Waals surface area contributed by atoms with Gasteiger partial charge in [-0.2, -0.15) is 0 Å². The summed E-state index contributed by atoms with van der Waals surface area (Å²) < 4.78 is 1.82. The van der Waals surface area contributed by atoms with Crippen LogP contribution in [-0.4, -0.2) is 41.9 Å². The summed E-state index contributed by atoms with van der Waals surface area (Å²) in [4.78, 5) is 57.3. The highest BCUT2D eigenvalue weighted by molar-refractivity contribution is 6.64. The third kappa shape index (κ3) is 13.7. The van der Waals surface area contributed by atoms with Gasteiger partial charge in [0.15, 0.2) is 5.57 Å². The van der Waals surface area contributed by atoms with Crippen LogP contribution in [-0.2, 0) is 9.59 Å². The van der Waals surface area contributed by atoms with Crippen LogP contribution in [0.5, 0.6) is 0 Å². The lowest BCUT2D eigenvalue weighted by Gasteiger charge is -2.22. The van der Waals surface area contributed by atoms with Crippen molar-refractivity contribution < 1.29 is 19.3 Å². The van der Waals surface area contributed by atoms with E-state index < -0.39 is 4.92 Å². The molecule has 2 fully saturated rings. The Bertz CT molecular complexity index is 3940. The van der Waals surface area contributed by atoms with E-state index in [1.54, 1.807) is 6.08 Å². The molecular weight excluding hydrogens is 1090 g/mol. The number of carbonyl (C=O) groups excluding carboxylic acids is 3. The van der Waals surface area contributed by atoms with Crippen molar-refractivity contribution in [2.75, 3.05) is 5.73 Å². The number of nitrogens with two attached hydrogens (primary N) is 1. The maximum absolute atomic E-state index is 13.6. The number of nitrogens with zero attached hydrogens (tertiary/aromatic N) is 4. The van der Waals surface area contributed by atoms with Crippen LogP contribution < -0.4 is 5.73 Å². The molecule has 2 saturated carbocycles. The van der Waals surface area contributed by atoms with Crippen molar-refractivity contribution in [3.8, 4) is 22.8 Å². The van der Waals surface area contributed by atoms with E-state index in [1.165, 1.54) is 54.7 Å². The normalized spacial score (nSPS) is 13.9. The van der Waals surface area contributed by atoms with E-state index >= 15 is 0 Å². The monoisotopic (exact) mass is 1140 g/mol. The molecule has 0 spiro atoms. The second kappa shape index (κ2) is 26.8. The standard InChI is InChI=1S/C24H21ClN2O.C17H11ClN2.C11H7O.C7H11ClO.C6H5ClN2O2/c25-18-13-14-21-22(15-18)27(24(28)17-8-2-1-3-9-17)23(26-21)20-12-6-10-16-7-4-5-11-19(16)20;18-12-8-9-15-16(10-12)20-17(19-15)14-7-3-5-11-4-1-2-6-13(11)14;12-8-10-6-3-5-9-4-1-2-7-11(9)10;8-7(9)6-4-2-1-3-5-6;7-4-1-2-5(8)6(3-4)9(10)11/h4-7,10-15,17H,1-3,8-9H2;1-10H,(H,19,20);1-5,7-8H;6H,1-5H2;1-3H,8H2/q;;+1;;. The lowest BCUT2D eigenvalue weighted by atomic mass is 9.88. The Hall–Kier alpha value is -8.02. The van der Waals surface area contributed by atoms with Crippen LogP contribution in [0.2, 0.25) is 15.1 Å². The fourth-order valence-corrected chi connectivity index (χ4v) is 11.0. The Labute approximate surface area is 483 Å². The Morgan fingerprint density at radius 1 is 0.637 bits per heavy atom. The zero-order chi connectivity index (χ0) is 56.1. The lowest BCUT2D eigenvalue weighted by molar-refractivity contribution is -0.383. The van der Waals surface area contributed by atoms with Crippen molar-refractivity contribution in [2.24, 2.45) is 11.8 Å². The Kier molecular flexibility index (Phi) is 19.0. The number of hydrogen-bond acceptors (Lipinski definition) is 8. The smallest absolute Gasteiger partial charge is 0.293 e. The molecule has 10 aromatic rings. The van der Waals surface area contributed by atoms with Crippen molar-refractivity contribution in [2.45, 2.75) is 64.2 Å². The quantitative estimate of drug-likeness (QED) is 0.0414. The molecule has 80 heavy (non-hydrogen) atoms. The number of nitro benzene ring substituents is 1. The molecule has 402 valence electrons. The summed E-state index contributed by atoms with van der Waals surface area (Å²) in [6.45, 7) is 0. The highest BCUT2D eigenvalue weighted by Crippen LogP contribution is 2.36. The van der Waals surface area contributed by atoms with Gasteiger partial charge in [-0.1, -0.05) is 170 Å². The largest absolute Gasteiger partial charge is 0.393 e. The van der Waals surface area contributed by atoms with Gasteiger partial charge in [-0.05, 0) is 119 Å². The third-order valence-corrected chi connectivity index (χ3v) is 15.3. The number of H-pyrrole nitrogens is 1. The van der Waals surface area contributed by atoms with Gasteiger partial charge in [0, 0.05) is 56.2 Å². The summed E-state index contributed by atoms with van der Waals surface area (Å²) in [5.41, 5.74) is 13.5. The van der Waals surface area contributed by atoms with E-state index in [1.807, 2.05) is 102 Å². The van der Waals surface area contributed by atoms with Crippen molar-refractivity contribution in [3.05, 3.63) is 212 Å². The number of aldehydes is 1. The molecule has 3 N–H and O–H groups in total. The zero-order valence-corrected chi connectivity index (χ0v) is 46.5. The van der Waals surface area contributed by atoms with Crippen LogP contribution >= 0.6 is 46.4 Å². The predicted octanol–water partition coefficient (Wildman–Crippen LogP) is 18.0. The van der Waals surface area contributed by atoms with Crippen LogP contribution in [0.4, 0.5) is 11.4 Å². The molecule has 2 aromatic heterocycles. The number of hydrogen-bond donors (Lipinski definition) is 2. The topological polar surface area (TPSA) is 167 Å². The molecule has 11 nitrogen and oxygen atoms in total. The maximum atomic E-state index is 13.6. The number of nitro groups is 1. The summed E-state index contributed by atoms with van der Waals surface area (Å²) >= 11 is 23.1. The molecule has 8 aromatic carbocycles. The lowest BCUT2D eigenvalue weighted by Crippen LogP contribution is -2.24. The number of rotatable bonds is 6. The molecule has 0 bridgehead atoms. The van der Waals surface area contributed by atoms with Crippen molar-refractivity contribution in [1.82, 2.24) is 19.5 Å². The van der Waals surface area contributed by atoms with Gasteiger partial charge in [-0.15, -0.1) is 0 Å². The van der Waals surface area contributed by atoms with Gasteiger partial charge < -0.3 is 10.7 Å². The number of nitrogens with one attached hydrogen (secondary N) is 1. The van der Waals surface area contributed by atoms with E-state index in [4.69, 9.17) is 57.1 Å². The summed E-state index contributed by atoms with van der Waals surface area (Å²) in [6, 6.07) is 52.2. The second-order valence-electron chi connectivity index (χ2n) is 19.6. The number of anilines is 1. The fourth-order valence-electron chi connectivity index (χ4n) is 10.2. The molecular formula is C65H55Cl4N6O5+. The molecule has 13 rings (SSSR count). The van der Waals surface area contributed by atoms with Gasteiger partial charge in [0.2, 0.25) is 17.4 Å². The number of allylic oxidation sites excluding steroid dienone is 3. The van der Waals surface area contributed by atoms with E-state index in [0.717, 1.165) is 106 Å². The molecule has 2 heterocycles.